The Hall–Kier alpha value is -1.59. The predicted molar refractivity (Wildman–Crippen MR) is 67.9 cm³/mol. The van der Waals surface area contributed by atoms with Crippen LogP contribution in [0.5, 0.6) is 0 Å². The molecule has 3 rings (SSSR count). The molecule has 0 N–H and O–H groups in total. The minimum Gasteiger partial charge on any atom is -0.431 e. The Labute approximate surface area is 115 Å². The van der Waals surface area contributed by atoms with Crippen LogP contribution in [0.3, 0.4) is 0 Å². The zero-order chi connectivity index (χ0) is 13.4. The van der Waals surface area contributed by atoms with Crippen LogP contribution in [0, 0.1) is 5.92 Å². The Morgan fingerprint density at radius 2 is 2.11 bits per heavy atom. The van der Waals surface area contributed by atoms with E-state index in [9.17, 15) is 4.79 Å². The fourth-order valence-corrected chi connectivity index (χ4v) is 2.37. The summed E-state index contributed by atoms with van der Waals surface area (Å²) in [4.78, 5) is 17.2. The van der Waals surface area contributed by atoms with Crippen molar-refractivity contribution in [2.45, 2.75) is 19.3 Å². The summed E-state index contributed by atoms with van der Waals surface area (Å²) in [6, 6.07) is 7.09. The summed E-state index contributed by atoms with van der Waals surface area (Å²) in [5.41, 5.74) is 1.36. The molecule has 1 fully saturated rings. The predicted octanol–water partition coefficient (Wildman–Crippen LogP) is 1.98. The molecule has 0 spiro atoms. The molecular weight excluding hydrogens is 270 g/mol. The van der Waals surface area contributed by atoms with Gasteiger partial charge in [-0.15, -0.1) is 0 Å². The van der Waals surface area contributed by atoms with Gasteiger partial charge in [0.2, 0.25) is 12.4 Å². The monoisotopic (exact) mass is 281 g/mol. The lowest BCUT2D eigenvalue weighted by Crippen LogP contribution is -2.30. The van der Waals surface area contributed by atoms with Gasteiger partial charge < -0.3 is 14.3 Å². The van der Waals surface area contributed by atoms with E-state index in [-0.39, 0.29) is 5.97 Å². The molecule has 0 aromatic heterocycles. The smallest absolute Gasteiger partial charge is 0.321 e. The van der Waals surface area contributed by atoms with E-state index in [2.05, 4.69) is 5.16 Å². The molecule has 0 amide bonds. The molecule has 0 bridgehead atoms. The molecule has 2 aliphatic heterocycles. The number of esters is 1. The molecule has 19 heavy (non-hydrogen) atoms. The molecule has 2 heterocycles. The van der Waals surface area contributed by atoms with Gasteiger partial charge in [-0.25, -0.2) is 0 Å². The number of benzene rings is 1. The maximum absolute atomic E-state index is 11.9. The standard InChI is InChI=1S/C13H12ClNO4/c1-2-17-13-11-9(12(16)18-13)10(15-19-11)7-3-5-8(14)6-4-7/h3-6,9,11,13H,2H2,1H3/t9-,11+,13+/m0/s1. The first-order valence-electron chi connectivity index (χ1n) is 6.02. The van der Waals surface area contributed by atoms with Crippen LogP contribution in [-0.4, -0.2) is 30.7 Å². The normalized spacial score (nSPS) is 28.6. The lowest BCUT2D eigenvalue weighted by molar-refractivity contribution is -0.177. The summed E-state index contributed by atoms with van der Waals surface area (Å²) in [5, 5.41) is 4.62. The summed E-state index contributed by atoms with van der Waals surface area (Å²) >= 11 is 5.84. The molecule has 0 aliphatic carbocycles. The zero-order valence-electron chi connectivity index (χ0n) is 10.2. The molecule has 2 aliphatic rings. The van der Waals surface area contributed by atoms with Crippen LogP contribution in [0.15, 0.2) is 29.4 Å². The average Bonchev–Trinajstić information content (AvgIpc) is 2.94. The summed E-state index contributed by atoms with van der Waals surface area (Å²) in [7, 11) is 0. The van der Waals surface area contributed by atoms with Crippen molar-refractivity contribution in [3.8, 4) is 0 Å². The topological polar surface area (TPSA) is 57.1 Å². The lowest BCUT2D eigenvalue weighted by Gasteiger charge is -2.13. The van der Waals surface area contributed by atoms with E-state index in [1.54, 1.807) is 24.3 Å². The number of rotatable bonds is 3. The van der Waals surface area contributed by atoms with E-state index in [0.717, 1.165) is 5.56 Å². The van der Waals surface area contributed by atoms with Gasteiger partial charge in [0.1, 0.15) is 11.6 Å². The van der Waals surface area contributed by atoms with Crippen molar-refractivity contribution in [1.82, 2.24) is 0 Å². The minimum atomic E-state index is -0.684. The van der Waals surface area contributed by atoms with E-state index >= 15 is 0 Å². The van der Waals surface area contributed by atoms with Gasteiger partial charge in [0.15, 0.2) is 0 Å². The average molecular weight is 282 g/mol. The first-order chi connectivity index (χ1) is 9.20. The molecule has 1 aromatic rings. The Morgan fingerprint density at radius 3 is 2.79 bits per heavy atom. The van der Waals surface area contributed by atoms with Gasteiger partial charge in [-0.05, 0) is 19.1 Å². The number of ether oxygens (including phenoxy) is 2. The molecule has 100 valence electrons. The highest BCUT2D eigenvalue weighted by Gasteiger charge is 2.54. The Kier molecular flexibility index (Phi) is 3.16. The van der Waals surface area contributed by atoms with Crippen LogP contribution in [0.25, 0.3) is 0 Å². The quantitative estimate of drug-likeness (QED) is 0.795. The van der Waals surface area contributed by atoms with Crippen molar-refractivity contribution in [2.24, 2.45) is 11.1 Å². The summed E-state index contributed by atoms with van der Waals surface area (Å²) in [6.07, 6.45) is -1.19. The second kappa shape index (κ2) is 4.83. The van der Waals surface area contributed by atoms with Crippen LogP contribution >= 0.6 is 11.6 Å². The molecule has 0 unspecified atom stereocenters. The number of oxime groups is 1. The van der Waals surface area contributed by atoms with Crippen molar-refractivity contribution in [2.75, 3.05) is 6.61 Å². The molecule has 0 saturated carbocycles. The van der Waals surface area contributed by atoms with Gasteiger partial charge in [0, 0.05) is 17.2 Å². The highest BCUT2D eigenvalue weighted by molar-refractivity contribution is 6.30. The van der Waals surface area contributed by atoms with Gasteiger partial charge in [-0.1, -0.05) is 28.9 Å². The van der Waals surface area contributed by atoms with Crippen molar-refractivity contribution in [3.05, 3.63) is 34.9 Å². The number of carbonyl (C=O) groups excluding carboxylic acids is 1. The zero-order valence-corrected chi connectivity index (χ0v) is 11.0. The summed E-state index contributed by atoms with van der Waals surface area (Å²) in [6.45, 7) is 2.28. The third-order valence-electron chi connectivity index (χ3n) is 3.12. The van der Waals surface area contributed by atoms with Crippen molar-refractivity contribution >= 4 is 23.3 Å². The fraction of sp³-hybridized carbons (Fsp3) is 0.385. The SMILES string of the molecule is CCO[C@@H]1OC(=O)[C@H]2C(c3ccc(Cl)cc3)=NO[C@@H]12. The van der Waals surface area contributed by atoms with Crippen LogP contribution in [-0.2, 0) is 19.1 Å². The molecule has 3 atom stereocenters. The van der Waals surface area contributed by atoms with E-state index in [0.29, 0.717) is 17.3 Å². The second-order valence-corrected chi connectivity index (χ2v) is 4.73. The Bertz CT molecular complexity index is 528. The molecule has 1 aromatic carbocycles. The van der Waals surface area contributed by atoms with Gasteiger partial charge in [-0.2, -0.15) is 0 Å². The summed E-state index contributed by atoms with van der Waals surface area (Å²) in [5.74, 6) is -0.896. The minimum absolute atomic E-state index is 0.366. The molecule has 1 saturated heterocycles. The van der Waals surface area contributed by atoms with E-state index in [1.165, 1.54) is 0 Å². The fourth-order valence-electron chi connectivity index (χ4n) is 2.24. The number of hydrogen-bond acceptors (Lipinski definition) is 5. The molecule has 6 heteroatoms. The maximum atomic E-state index is 11.9. The van der Waals surface area contributed by atoms with Crippen LogP contribution in [0.1, 0.15) is 12.5 Å². The number of nitrogens with zero attached hydrogens (tertiary/aromatic N) is 1. The van der Waals surface area contributed by atoms with Gasteiger partial charge in [-0.3, -0.25) is 4.79 Å². The number of cyclic esters (lactones) is 1. The first kappa shape index (κ1) is 12.4. The number of carbonyl (C=O) groups is 1. The van der Waals surface area contributed by atoms with Gasteiger partial charge >= 0.3 is 5.97 Å². The number of halogens is 1. The van der Waals surface area contributed by atoms with Crippen LogP contribution < -0.4 is 0 Å². The Morgan fingerprint density at radius 1 is 1.37 bits per heavy atom. The van der Waals surface area contributed by atoms with Crippen molar-refractivity contribution < 1.29 is 19.1 Å². The second-order valence-electron chi connectivity index (χ2n) is 4.29. The lowest BCUT2D eigenvalue weighted by atomic mass is 9.94. The van der Waals surface area contributed by atoms with E-state index in [1.807, 2.05) is 6.92 Å². The summed E-state index contributed by atoms with van der Waals surface area (Å²) < 4.78 is 10.5. The molecular formula is C13H12ClNO4. The molecule has 5 nitrogen and oxygen atoms in total. The van der Waals surface area contributed by atoms with Gasteiger partial charge in [0.25, 0.3) is 0 Å². The van der Waals surface area contributed by atoms with Crippen molar-refractivity contribution in [3.63, 3.8) is 0 Å². The number of hydrogen-bond donors (Lipinski definition) is 0. The highest BCUT2D eigenvalue weighted by atomic mass is 35.5. The maximum Gasteiger partial charge on any atom is 0.321 e. The van der Waals surface area contributed by atoms with Gasteiger partial charge in [0.05, 0.1) is 0 Å². The largest absolute Gasteiger partial charge is 0.431 e. The Balaban J connectivity index is 1.86. The third-order valence-corrected chi connectivity index (χ3v) is 3.37. The van der Waals surface area contributed by atoms with Crippen molar-refractivity contribution in [1.29, 1.82) is 0 Å². The highest BCUT2D eigenvalue weighted by Crippen LogP contribution is 2.34. The van der Waals surface area contributed by atoms with E-state index in [4.69, 9.17) is 25.9 Å². The first-order valence-corrected chi connectivity index (χ1v) is 6.40. The molecule has 0 radical (unpaired) electrons. The third kappa shape index (κ3) is 2.09. The van der Waals surface area contributed by atoms with Crippen LogP contribution in [0.2, 0.25) is 5.02 Å². The van der Waals surface area contributed by atoms with E-state index < -0.39 is 18.3 Å². The number of fused-ring (bicyclic) bond motifs is 1. The van der Waals surface area contributed by atoms with Crippen LogP contribution in [0.4, 0.5) is 0 Å².